The number of carbonyl (C=O) groups excluding carboxylic acids is 3. The Labute approximate surface area is 118 Å². The Kier molecular flexibility index (Phi) is 5.59. The van der Waals surface area contributed by atoms with Gasteiger partial charge in [0.05, 0.1) is 12.0 Å². The monoisotopic (exact) mass is 308 g/mol. The minimum absolute atomic E-state index is 0.0266. The first-order valence-corrected chi connectivity index (χ1v) is 6.05. The number of esters is 1. The summed E-state index contributed by atoms with van der Waals surface area (Å²) in [6.45, 7) is 0. The Bertz CT molecular complexity index is 499. The molecule has 0 unspecified atom stereocenters. The third-order valence-electron chi connectivity index (χ3n) is 1.94. The Morgan fingerprint density at radius 1 is 1.11 bits per heavy atom. The molecule has 1 aromatic carbocycles. The van der Waals surface area contributed by atoms with Crippen molar-refractivity contribution in [3.8, 4) is 5.75 Å². The second kappa shape index (κ2) is 6.73. The van der Waals surface area contributed by atoms with Crippen molar-refractivity contribution >= 4 is 51.3 Å². The summed E-state index contributed by atoms with van der Waals surface area (Å²) in [6, 6.07) is 3.75. The van der Waals surface area contributed by atoms with Crippen LogP contribution in [0.25, 0.3) is 0 Å². The zero-order valence-corrected chi connectivity index (χ0v) is 11.2. The second-order valence-corrected chi connectivity index (χ2v) is 4.24. The summed E-state index contributed by atoms with van der Waals surface area (Å²) >= 11 is 16.0. The first kappa shape index (κ1) is 15.0. The van der Waals surface area contributed by atoms with E-state index in [9.17, 15) is 14.4 Å². The van der Waals surface area contributed by atoms with Gasteiger partial charge in [0.15, 0.2) is 0 Å². The summed E-state index contributed by atoms with van der Waals surface area (Å²) < 4.78 is 4.90. The molecule has 96 valence electrons. The molecule has 0 aliphatic heterocycles. The third-order valence-corrected chi connectivity index (χ3v) is 2.55. The molecule has 0 bridgehead atoms. The number of benzene rings is 1. The second-order valence-electron chi connectivity index (χ2n) is 3.17. The lowest BCUT2D eigenvalue weighted by Gasteiger charge is -2.07. The van der Waals surface area contributed by atoms with E-state index < -0.39 is 16.5 Å². The molecule has 0 N–H and O–H groups in total. The van der Waals surface area contributed by atoms with Gasteiger partial charge in [-0.1, -0.05) is 0 Å². The Morgan fingerprint density at radius 2 is 1.78 bits per heavy atom. The van der Waals surface area contributed by atoms with Crippen LogP contribution in [0.5, 0.6) is 5.75 Å². The van der Waals surface area contributed by atoms with Crippen molar-refractivity contribution in [2.75, 3.05) is 5.88 Å². The highest BCUT2D eigenvalue weighted by Crippen LogP contribution is 2.23. The predicted octanol–water partition coefficient (Wildman–Crippen LogP) is 2.98. The van der Waals surface area contributed by atoms with Crippen molar-refractivity contribution < 1.29 is 19.1 Å². The first-order valence-electron chi connectivity index (χ1n) is 4.76. The van der Waals surface area contributed by atoms with Gasteiger partial charge in [-0.25, -0.2) is 0 Å². The quantitative estimate of drug-likeness (QED) is 0.363. The van der Waals surface area contributed by atoms with E-state index in [0.29, 0.717) is 0 Å². The molecule has 0 aliphatic carbocycles. The maximum Gasteiger partial charge on any atom is 0.312 e. The molecule has 0 aromatic heterocycles. The number of halogens is 3. The van der Waals surface area contributed by atoms with E-state index in [0.717, 1.165) is 0 Å². The molecule has 4 nitrogen and oxygen atoms in total. The molecule has 1 rings (SSSR count). The lowest BCUT2D eigenvalue weighted by Crippen LogP contribution is -2.11. The van der Waals surface area contributed by atoms with E-state index in [1.807, 2.05) is 0 Å². The van der Waals surface area contributed by atoms with E-state index in [1.54, 1.807) is 0 Å². The SMILES string of the molecule is O=C(CCCl)Oc1cc(C(=O)Cl)ccc1C(=O)Cl. The topological polar surface area (TPSA) is 60.4 Å². The molecule has 0 saturated carbocycles. The molecule has 0 radical (unpaired) electrons. The van der Waals surface area contributed by atoms with Crippen LogP contribution in [-0.4, -0.2) is 22.3 Å². The van der Waals surface area contributed by atoms with Crippen LogP contribution in [0.15, 0.2) is 18.2 Å². The smallest absolute Gasteiger partial charge is 0.312 e. The van der Waals surface area contributed by atoms with Crippen LogP contribution in [0.2, 0.25) is 0 Å². The molecule has 0 aliphatic rings. The van der Waals surface area contributed by atoms with Crippen molar-refractivity contribution in [1.82, 2.24) is 0 Å². The van der Waals surface area contributed by atoms with Crippen LogP contribution < -0.4 is 4.74 Å². The van der Waals surface area contributed by atoms with E-state index in [4.69, 9.17) is 39.5 Å². The highest BCUT2D eigenvalue weighted by molar-refractivity contribution is 6.68. The van der Waals surface area contributed by atoms with Gasteiger partial charge in [0.25, 0.3) is 10.5 Å². The Hall–Kier alpha value is -1.10. The molecular weight excluding hydrogens is 302 g/mol. The average molecular weight is 310 g/mol. The van der Waals surface area contributed by atoms with Crippen LogP contribution in [0.1, 0.15) is 27.1 Å². The van der Waals surface area contributed by atoms with Gasteiger partial charge in [0.1, 0.15) is 5.75 Å². The largest absolute Gasteiger partial charge is 0.426 e. The molecule has 0 spiro atoms. The maximum absolute atomic E-state index is 11.3. The van der Waals surface area contributed by atoms with E-state index in [1.165, 1.54) is 18.2 Å². The van der Waals surface area contributed by atoms with E-state index in [-0.39, 0.29) is 29.2 Å². The zero-order chi connectivity index (χ0) is 13.7. The van der Waals surface area contributed by atoms with Crippen molar-refractivity contribution in [3.63, 3.8) is 0 Å². The fraction of sp³-hybridized carbons (Fsp3) is 0.182. The van der Waals surface area contributed by atoms with Gasteiger partial charge in [0, 0.05) is 11.4 Å². The number of carbonyl (C=O) groups is 3. The van der Waals surface area contributed by atoms with E-state index in [2.05, 4.69) is 0 Å². The zero-order valence-electron chi connectivity index (χ0n) is 8.91. The van der Waals surface area contributed by atoms with Gasteiger partial charge >= 0.3 is 5.97 Å². The fourth-order valence-corrected chi connectivity index (χ4v) is 1.57. The summed E-state index contributed by atoms with van der Waals surface area (Å²) in [5, 5.41) is -1.55. The molecule has 18 heavy (non-hydrogen) atoms. The third kappa shape index (κ3) is 3.98. The number of hydrogen-bond acceptors (Lipinski definition) is 4. The molecule has 0 saturated heterocycles. The summed E-state index contributed by atoms with van der Waals surface area (Å²) in [6.07, 6.45) is -0.0312. The Morgan fingerprint density at radius 3 is 2.28 bits per heavy atom. The molecular formula is C11H7Cl3O4. The predicted molar refractivity (Wildman–Crippen MR) is 67.8 cm³/mol. The van der Waals surface area contributed by atoms with Gasteiger partial charge in [0.2, 0.25) is 0 Å². The minimum Gasteiger partial charge on any atom is -0.426 e. The molecule has 0 fully saturated rings. The van der Waals surface area contributed by atoms with Crippen molar-refractivity contribution in [2.24, 2.45) is 0 Å². The lowest BCUT2D eigenvalue weighted by atomic mass is 10.1. The first-order chi connectivity index (χ1) is 8.45. The highest BCUT2D eigenvalue weighted by Gasteiger charge is 2.16. The van der Waals surface area contributed by atoms with Crippen LogP contribution in [0, 0.1) is 0 Å². The number of alkyl halides is 1. The van der Waals surface area contributed by atoms with E-state index >= 15 is 0 Å². The van der Waals surface area contributed by atoms with Crippen molar-refractivity contribution in [1.29, 1.82) is 0 Å². The number of hydrogen-bond donors (Lipinski definition) is 0. The normalized spacial score (nSPS) is 9.94. The van der Waals surface area contributed by atoms with Crippen molar-refractivity contribution in [2.45, 2.75) is 6.42 Å². The molecule has 0 amide bonds. The van der Waals surface area contributed by atoms with Gasteiger partial charge in [-0.3, -0.25) is 14.4 Å². The Balaban J connectivity index is 3.11. The van der Waals surface area contributed by atoms with Gasteiger partial charge in [-0.2, -0.15) is 0 Å². The van der Waals surface area contributed by atoms with Gasteiger partial charge in [-0.05, 0) is 41.4 Å². The minimum atomic E-state index is -0.808. The maximum atomic E-state index is 11.3. The van der Waals surface area contributed by atoms with Crippen LogP contribution >= 0.6 is 34.8 Å². The lowest BCUT2D eigenvalue weighted by molar-refractivity contribution is -0.133. The number of rotatable bonds is 5. The van der Waals surface area contributed by atoms with Crippen LogP contribution in [0.4, 0.5) is 0 Å². The van der Waals surface area contributed by atoms with Gasteiger partial charge in [-0.15, -0.1) is 11.6 Å². The standard InChI is InChI=1S/C11H7Cl3O4/c12-4-3-9(15)18-8-5-6(10(13)16)1-2-7(8)11(14)17/h1-2,5H,3-4H2. The molecule has 7 heteroatoms. The highest BCUT2D eigenvalue weighted by atomic mass is 35.5. The molecule has 0 atom stereocenters. The number of ether oxygens (including phenoxy) is 1. The fourth-order valence-electron chi connectivity index (χ4n) is 1.14. The van der Waals surface area contributed by atoms with Gasteiger partial charge < -0.3 is 4.74 Å². The molecule has 0 heterocycles. The summed E-state index contributed by atoms with van der Waals surface area (Å²) in [4.78, 5) is 33.4. The summed E-state index contributed by atoms with van der Waals surface area (Å²) in [5.74, 6) is -0.670. The van der Waals surface area contributed by atoms with Crippen LogP contribution in [0.3, 0.4) is 0 Å². The summed E-state index contributed by atoms with van der Waals surface area (Å²) in [7, 11) is 0. The van der Waals surface area contributed by atoms with Crippen LogP contribution in [-0.2, 0) is 4.79 Å². The summed E-state index contributed by atoms with van der Waals surface area (Å²) in [5.41, 5.74) is 0.0632. The average Bonchev–Trinajstić information content (AvgIpc) is 2.28. The van der Waals surface area contributed by atoms with Crippen molar-refractivity contribution in [3.05, 3.63) is 29.3 Å². The molecule has 1 aromatic rings.